The van der Waals surface area contributed by atoms with Crippen molar-refractivity contribution < 1.29 is 22.7 Å². The second-order valence-electron chi connectivity index (χ2n) is 5.37. The van der Waals surface area contributed by atoms with Crippen molar-refractivity contribution in [2.75, 3.05) is 7.11 Å². The SMILES string of the molecule is COc1ccc(C)cc1[C@H](C)NC(=O)c1ccc(C(F)(F)F)cn1. The molecule has 1 heterocycles. The second kappa shape index (κ2) is 6.90. The number of nitrogens with one attached hydrogen (secondary N) is 1. The van der Waals surface area contributed by atoms with Gasteiger partial charge in [0.1, 0.15) is 11.4 Å². The molecule has 2 aromatic rings. The second-order valence-corrected chi connectivity index (χ2v) is 5.37. The molecule has 0 fully saturated rings. The van der Waals surface area contributed by atoms with Crippen molar-refractivity contribution >= 4 is 5.91 Å². The fourth-order valence-electron chi connectivity index (χ4n) is 2.24. The Morgan fingerprint density at radius 1 is 1.25 bits per heavy atom. The van der Waals surface area contributed by atoms with Crippen molar-refractivity contribution in [3.05, 3.63) is 58.9 Å². The molecule has 0 saturated carbocycles. The number of benzene rings is 1. The summed E-state index contributed by atoms with van der Waals surface area (Å²) in [4.78, 5) is 15.8. The highest BCUT2D eigenvalue weighted by Crippen LogP contribution is 2.29. The maximum Gasteiger partial charge on any atom is 0.417 e. The van der Waals surface area contributed by atoms with E-state index in [2.05, 4.69) is 10.3 Å². The quantitative estimate of drug-likeness (QED) is 0.920. The average Bonchev–Trinajstić information content (AvgIpc) is 2.54. The van der Waals surface area contributed by atoms with Gasteiger partial charge in [0.15, 0.2) is 0 Å². The highest BCUT2D eigenvalue weighted by atomic mass is 19.4. The van der Waals surface area contributed by atoms with E-state index < -0.39 is 23.7 Å². The lowest BCUT2D eigenvalue weighted by atomic mass is 10.0. The van der Waals surface area contributed by atoms with Crippen LogP contribution in [0.2, 0.25) is 0 Å². The first-order valence-electron chi connectivity index (χ1n) is 7.21. The Balaban J connectivity index is 2.16. The molecule has 1 N–H and O–H groups in total. The van der Waals surface area contributed by atoms with Crippen LogP contribution in [0.25, 0.3) is 0 Å². The van der Waals surface area contributed by atoms with Crippen LogP contribution in [0.4, 0.5) is 13.2 Å². The van der Waals surface area contributed by atoms with E-state index >= 15 is 0 Å². The van der Waals surface area contributed by atoms with Gasteiger partial charge in [-0.25, -0.2) is 0 Å². The molecule has 0 bridgehead atoms. The fraction of sp³-hybridized carbons (Fsp3) is 0.294. The van der Waals surface area contributed by atoms with E-state index in [1.54, 1.807) is 13.0 Å². The summed E-state index contributed by atoms with van der Waals surface area (Å²) >= 11 is 0. The van der Waals surface area contributed by atoms with Gasteiger partial charge in [0.05, 0.1) is 18.7 Å². The average molecular weight is 338 g/mol. The molecule has 24 heavy (non-hydrogen) atoms. The summed E-state index contributed by atoms with van der Waals surface area (Å²) in [7, 11) is 1.53. The molecule has 1 atom stereocenters. The summed E-state index contributed by atoms with van der Waals surface area (Å²) in [5, 5.41) is 2.71. The van der Waals surface area contributed by atoms with Gasteiger partial charge in [-0.05, 0) is 32.0 Å². The Hall–Kier alpha value is -2.57. The lowest BCUT2D eigenvalue weighted by Crippen LogP contribution is -2.28. The van der Waals surface area contributed by atoms with Gasteiger partial charge >= 0.3 is 6.18 Å². The summed E-state index contributed by atoms with van der Waals surface area (Å²) in [6.45, 7) is 3.67. The number of ether oxygens (including phenoxy) is 1. The minimum Gasteiger partial charge on any atom is -0.496 e. The lowest BCUT2D eigenvalue weighted by Gasteiger charge is -2.18. The molecule has 0 spiro atoms. The molecule has 0 saturated heterocycles. The number of pyridine rings is 1. The number of carbonyl (C=O) groups excluding carboxylic acids is 1. The molecule has 128 valence electrons. The predicted octanol–water partition coefficient (Wildman–Crippen LogP) is 3.91. The number of hydrogen-bond acceptors (Lipinski definition) is 3. The van der Waals surface area contributed by atoms with Crippen molar-refractivity contribution in [2.24, 2.45) is 0 Å². The standard InChI is InChI=1S/C17H17F3N2O2/c1-10-4-7-15(24-3)13(8-10)11(2)22-16(23)14-6-5-12(9-21-14)17(18,19)20/h4-9,11H,1-3H3,(H,22,23)/t11-/m0/s1. The van der Waals surface area contributed by atoms with Crippen LogP contribution < -0.4 is 10.1 Å². The van der Waals surface area contributed by atoms with Crippen molar-refractivity contribution in [3.8, 4) is 5.75 Å². The molecule has 2 rings (SSSR count). The maximum atomic E-state index is 12.5. The normalized spacial score (nSPS) is 12.6. The van der Waals surface area contributed by atoms with Gasteiger partial charge in [-0.2, -0.15) is 13.2 Å². The Morgan fingerprint density at radius 3 is 2.50 bits per heavy atom. The van der Waals surface area contributed by atoms with Crippen LogP contribution in [0, 0.1) is 6.92 Å². The third-order valence-electron chi connectivity index (χ3n) is 3.52. The lowest BCUT2D eigenvalue weighted by molar-refractivity contribution is -0.137. The number of rotatable bonds is 4. The molecule has 1 aromatic carbocycles. The third-order valence-corrected chi connectivity index (χ3v) is 3.52. The fourth-order valence-corrected chi connectivity index (χ4v) is 2.24. The molecule has 7 heteroatoms. The topological polar surface area (TPSA) is 51.2 Å². The number of methoxy groups -OCH3 is 1. The predicted molar refractivity (Wildman–Crippen MR) is 82.9 cm³/mol. The van der Waals surface area contributed by atoms with E-state index in [4.69, 9.17) is 4.74 Å². The van der Waals surface area contributed by atoms with Gasteiger partial charge in [-0.15, -0.1) is 0 Å². The number of halogens is 3. The van der Waals surface area contributed by atoms with Crippen LogP contribution >= 0.6 is 0 Å². The zero-order valence-corrected chi connectivity index (χ0v) is 13.4. The maximum absolute atomic E-state index is 12.5. The molecule has 0 aliphatic carbocycles. The Morgan fingerprint density at radius 2 is 1.96 bits per heavy atom. The molecule has 0 unspecified atom stereocenters. The highest BCUT2D eigenvalue weighted by molar-refractivity contribution is 5.92. The van der Waals surface area contributed by atoms with Crippen molar-refractivity contribution in [2.45, 2.75) is 26.1 Å². The van der Waals surface area contributed by atoms with E-state index in [0.717, 1.165) is 23.3 Å². The van der Waals surface area contributed by atoms with Gasteiger partial charge < -0.3 is 10.1 Å². The number of alkyl halides is 3. The van der Waals surface area contributed by atoms with Gasteiger partial charge in [-0.3, -0.25) is 9.78 Å². The highest BCUT2D eigenvalue weighted by Gasteiger charge is 2.31. The minimum absolute atomic E-state index is 0.0820. The van der Waals surface area contributed by atoms with Crippen LogP contribution in [-0.2, 0) is 6.18 Å². The van der Waals surface area contributed by atoms with Crippen molar-refractivity contribution in [1.82, 2.24) is 10.3 Å². The Bertz CT molecular complexity index is 728. The molecule has 0 aliphatic heterocycles. The number of aromatic nitrogens is 1. The molecule has 4 nitrogen and oxygen atoms in total. The largest absolute Gasteiger partial charge is 0.496 e. The summed E-state index contributed by atoms with van der Waals surface area (Å²) in [5.74, 6) is 0.0635. The minimum atomic E-state index is -4.48. The third kappa shape index (κ3) is 4.04. The molecule has 1 amide bonds. The van der Waals surface area contributed by atoms with Gasteiger partial charge in [0.2, 0.25) is 0 Å². The first kappa shape index (κ1) is 17.8. The number of hydrogen-bond donors (Lipinski definition) is 1. The zero-order valence-electron chi connectivity index (χ0n) is 13.4. The first-order chi connectivity index (χ1) is 11.2. The van der Waals surface area contributed by atoms with E-state index in [1.165, 1.54) is 7.11 Å². The number of nitrogens with zero attached hydrogens (tertiary/aromatic N) is 1. The monoisotopic (exact) mass is 338 g/mol. The number of aryl methyl sites for hydroxylation is 1. The van der Waals surface area contributed by atoms with E-state index in [1.807, 2.05) is 19.1 Å². The summed E-state index contributed by atoms with van der Waals surface area (Å²) < 4.78 is 42.8. The van der Waals surface area contributed by atoms with Crippen LogP contribution in [0.5, 0.6) is 5.75 Å². The van der Waals surface area contributed by atoms with Gasteiger partial charge in [-0.1, -0.05) is 17.7 Å². The van der Waals surface area contributed by atoms with E-state index in [-0.39, 0.29) is 5.69 Å². The zero-order chi connectivity index (χ0) is 17.9. The first-order valence-corrected chi connectivity index (χ1v) is 7.21. The summed E-state index contributed by atoms with van der Waals surface area (Å²) in [5.41, 5.74) is 0.797. The van der Waals surface area contributed by atoms with Crippen molar-refractivity contribution in [1.29, 1.82) is 0 Å². The van der Waals surface area contributed by atoms with Crippen LogP contribution in [0.1, 0.15) is 40.1 Å². The summed E-state index contributed by atoms with van der Waals surface area (Å²) in [6.07, 6.45) is -3.84. The van der Waals surface area contributed by atoms with Gasteiger partial charge in [0, 0.05) is 11.8 Å². The molecular weight excluding hydrogens is 321 g/mol. The van der Waals surface area contributed by atoms with Crippen LogP contribution in [0.3, 0.4) is 0 Å². The smallest absolute Gasteiger partial charge is 0.417 e. The van der Waals surface area contributed by atoms with Crippen molar-refractivity contribution in [3.63, 3.8) is 0 Å². The molecule has 0 aliphatic rings. The van der Waals surface area contributed by atoms with Crippen LogP contribution in [0.15, 0.2) is 36.5 Å². The Labute approximate surface area is 137 Å². The Kier molecular flexibility index (Phi) is 5.11. The molecule has 1 aromatic heterocycles. The van der Waals surface area contributed by atoms with E-state index in [9.17, 15) is 18.0 Å². The number of amides is 1. The molecular formula is C17H17F3N2O2. The van der Waals surface area contributed by atoms with Gasteiger partial charge in [0.25, 0.3) is 5.91 Å². The van der Waals surface area contributed by atoms with E-state index in [0.29, 0.717) is 11.9 Å². The number of carbonyl (C=O) groups is 1. The summed E-state index contributed by atoms with van der Waals surface area (Å²) in [6, 6.07) is 7.05. The van der Waals surface area contributed by atoms with Crippen LogP contribution in [-0.4, -0.2) is 18.0 Å². The molecule has 0 radical (unpaired) electrons.